The average Bonchev–Trinajstić information content (AvgIpc) is 2.43. The van der Waals surface area contributed by atoms with Gasteiger partial charge in [-0.15, -0.1) is 0 Å². The van der Waals surface area contributed by atoms with Crippen LogP contribution in [0.5, 0.6) is 0 Å². The highest BCUT2D eigenvalue weighted by Crippen LogP contribution is 2.28. The molecule has 0 spiro atoms. The summed E-state index contributed by atoms with van der Waals surface area (Å²) >= 11 is 0. The smallest absolute Gasteiger partial charge is 0.150 e. The molecule has 78 valence electrons. The molecule has 0 fully saturated rings. The van der Waals surface area contributed by atoms with E-state index in [4.69, 9.17) is 0 Å². The Morgan fingerprint density at radius 1 is 1.13 bits per heavy atom. The van der Waals surface area contributed by atoms with E-state index in [1.54, 1.807) is 0 Å². The fourth-order valence-electron chi connectivity index (χ4n) is 2.25. The molecule has 0 amide bonds. The Morgan fingerprint density at radius 3 is 2.40 bits per heavy atom. The summed E-state index contributed by atoms with van der Waals surface area (Å²) in [4.78, 5) is 14.3. The van der Waals surface area contributed by atoms with E-state index < -0.39 is 0 Å². The van der Waals surface area contributed by atoms with E-state index in [1.807, 2.05) is 19.9 Å². The summed E-state index contributed by atoms with van der Waals surface area (Å²) in [5, 5.41) is 1.19. The van der Waals surface area contributed by atoms with E-state index in [9.17, 15) is 4.79 Å². The summed E-state index contributed by atoms with van der Waals surface area (Å²) < 4.78 is 0. The number of aryl methyl sites for hydroxylation is 4. The van der Waals surface area contributed by atoms with Gasteiger partial charge in [-0.25, -0.2) is 0 Å². The van der Waals surface area contributed by atoms with Gasteiger partial charge in [0.25, 0.3) is 0 Å². The second kappa shape index (κ2) is 3.23. The molecule has 1 aromatic carbocycles. The monoisotopic (exact) mass is 201 g/mol. The number of hydrogen-bond donors (Lipinski definition) is 1. The van der Waals surface area contributed by atoms with E-state index >= 15 is 0 Å². The first-order chi connectivity index (χ1) is 7.06. The maximum Gasteiger partial charge on any atom is 0.150 e. The molecular formula is C13H15NO. The molecule has 0 bridgehead atoms. The highest BCUT2D eigenvalue weighted by atomic mass is 16.1. The number of aromatic nitrogens is 1. The third kappa shape index (κ3) is 1.29. The van der Waals surface area contributed by atoms with E-state index in [-0.39, 0.29) is 0 Å². The molecule has 2 heteroatoms. The van der Waals surface area contributed by atoms with Crippen molar-refractivity contribution in [2.24, 2.45) is 0 Å². The van der Waals surface area contributed by atoms with Crippen LogP contribution in [0, 0.1) is 27.7 Å². The maximum atomic E-state index is 11.0. The Kier molecular flexibility index (Phi) is 2.14. The van der Waals surface area contributed by atoms with Gasteiger partial charge in [0, 0.05) is 22.2 Å². The molecular weight excluding hydrogens is 186 g/mol. The molecule has 0 aliphatic carbocycles. The van der Waals surface area contributed by atoms with Crippen LogP contribution in [0.2, 0.25) is 0 Å². The zero-order valence-electron chi connectivity index (χ0n) is 9.56. The van der Waals surface area contributed by atoms with Crippen LogP contribution < -0.4 is 0 Å². The Morgan fingerprint density at radius 2 is 1.80 bits per heavy atom. The zero-order chi connectivity index (χ0) is 11.2. The Balaban J connectivity index is 2.98. The van der Waals surface area contributed by atoms with Gasteiger partial charge in [0.2, 0.25) is 0 Å². The molecule has 2 aromatic rings. The number of benzene rings is 1. The fourth-order valence-corrected chi connectivity index (χ4v) is 2.25. The molecule has 15 heavy (non-hydrogen) atoms. The van der Waals surface area contributed by atoms with Crippen molar-refractivity contribution in [1.82, 2.24) is 4.98 Å². The third-order valence-electron chi connectivity index (χ3n) is 3.21. The molecule has 0 atom stereocenters. The molecule has 2 nitrogen and oxygen atoms in total. The average molecular weight is 201 g/mol. The number of hydrogen-bond acceptors (Lipinski definition) is 1. The molecule has 0 saturated carbocycles. The number of aldehydes is 1. The highest BCUT2D eigenvalue weighted by molar-refractivity contribution is 5.95. The minimum absolute atomic E-state index is 0.824. The van der Waals surface area contributed by atoms with Crippen molar-refractivity contribution in [3.05, 3.63) is 34.0 Å². The minimum Gasteiger partial charge on any atom is -0.358 e. The van der Waals surface area contributed by atoms with Crippen LogP contribution in [-0.4, -0.2) is 11.3 Å². The molecule has 0 unspecified atom stereocenters. The van der Waals surface area contributed by atoms with E-state index in [0.717, 1.165) is 28.5 Å². The van der Waals surface area contributed by atoms with Crippen molar-refractivity contribution >= 4 is 17.2 Å². The number of fused-ring (bicyclic) bond motifs is 1. The summed E-state index contributed by atoms with van der Waals surface area (Å²) in [5.41, 5.74) is 6.49. The van der Waals surface area contributed by atoms with Crippen LogP contribution in [0.25, 0.3) is 10.9 Å². The lowest BCUT2D eigenvalue weighted by atomic mass is 9.98. The van der Waals surface area contributed by atoms with Gasteiger partial charge in [-0.1, -0.05) is 0 Å². The largest absolute Gasteiger partial charge is 0.358 e. The van der Waals surface area contributed by atoms with Crippen molar-refractivity contribution in [1.29, 1.82) is 0 Å². The molecule has 2 rings (SSSR count). The Bertz CT molecular complexity index is 549. The summed E-state index contributed by atoms with van der Waals surface area (Å²) in [7, 11) is 0. The van der Waals surface area contributed by atoms with Gasteiger partial charge >= 0.3 is 0 Å². The second-order valence-corrected chi connectivity index (χ2v) is 4.15. The normalized spacial score (nSPS) is 10.9. The topological polar surface area (TPSA) is 32.9 Å². The van der Waals surface area contributed by atoms with Crippen LogP contribution in [0.15, 0.2) is 6.07 Å². The molecule has 1 N–H and O–H groups in total. The fraction of sp³-hybridized carbons (Fsp3) is 0.308. The summed E-state index contributed by atoms with van der Waals surface area (Å²) in [6.07, 6.45) is 0.950. The maximum absolute atomic E-state index is 11.0. The van der Waals surface area contributed by atoms with Gasteiger partial charge in [-0.05, 0) is 50.5 Å². The SMILES string of the molecule is Cc1cc2[nH]c(C)c(C)c2c(C)c1C=O. The lowest BCUT2D eigenvalue weighted by Crippen LogP contribution is -1.92. The summed E-state index contributed by atoms with van der Waals surface area (Å²) in [6.45, 7) is 8.14. The molecule has 1 aromatic heterocycles. The van der Waals surface area contributed by atoms with Crippen LogP contribution in [0.1, 0.15) is 32.7 Å². The number of carbonyl (C=O) groups excluding carboxylic acids is 1. The highest BCUT2D eigenvalue weighted by Gasteiger charge is 2.11. The van der Waals surface area contributed by atoms with Crippen LogP contribution >= 0.6 is 0 Å². The van der Waals surface area contributed by atoms with Gasteiger partial charge in [0.1, 0.15) is 0 Å². The van der Waals surface area contributed by atoms with Crippen LogP contribution in [0.4, 0.5) is 0 Å². The zero-order valence-corrected chi connectivity index (χ0v) is 9.56. The standard InChI is InChI=1S/C13H15NO/c1-7-5-12-13(8(2)10(4)14-12)9(3)11(7)6-15/h5-6,14H,1-4H3. The number of aromatic amines is 1. The van der Waals surface area contributed by atoms with Gasteiger partial charge in [-0.2, -0.15) is 0 Å². The summed E-state index contributed by atoms with van der Waals surface area (Å²) in [6, 6.07) is 2.05. The lowest BCUT2D eigenvalue weighted by molar-refractivity contribution is 0.112. The summed E-state index contributed by atoms with van der Waals surface area (Å²) in [5.74, 6) is 0. The Labute approximate surface area is 89.3 Å². The molecule has 0 radical (unpaired) electrons. The van der Waals surface area contributed by atoms with Crippen molar-refractivity contribution in [3.8, 4) is 0 Å². The van der Waals surface area contributed by atoms with Crippen molar-refractivity contribution in [2.75, 3.05) is 0 Å². The quantitative estimate of drug-likeness (QED) is 0.706. The van der Waals surface area contributed by atoms with Crippen LogP contribution in [0.3, 0.4) is 0 Å². The van der Waals surface area contributed by atoms with Crippen molar-refractivity contribution in [3.63, 3.8) is 0 Å². The predicted molar refractivity (Wildman–Crippen MR) is 62.6 cm³/mol. The first-order valence-corrected chi connectivity index (χ1v) is 5.10. The first-order valence-electron chi connectivity index (χ1n) is 5.10. The van der Waals surface area contributed by atoms with Gasteiger partial charge in [0.15, 0.2) is 6.29 Å². The third-order valence-corrected chi connectivity index (χ3v) is 3.21. The van der Waals surface area contributed by atoms with Gasteiger partial charge in [-0.3, -0.25) is 4.79 Å². The van der Waals surface area contributed by atoms with Crippen molar-refractivity contribution in [2.45, 2.75) is 27.7 Å². The first kappa shape index (κ1) is 9.97. The predicted octanol–water partition coefficient (Wildman–Crippen LogP) is 3.21. The van der Waals surface area contributed by atoms with E-state index in [2.05, 4.69) is 18.8 Å². The molecule has 0 saturated heterocycles. The van der Waals surface area contributed by atoms with Crippen molar-refractivity contribution < 1.29 is 4.79 Å². The minimum atomic E-state index is 0.824. The Hall–Kier alpha value is -1.57. The number of carbonyl (C=O) groups is 1. The number of nitrogens with one attached hydrogen (secondary N) is 1. The molecule has 0 aliphatic rings. The molecule has 1 heterocycles. The van der Waals surface area contributed by atoms with Gasteiger partial charge in [0.05, 0.1) is 0 Å². The van der Waals surface area contributed by atoms with E-state index in [0.29, 0.717) is 0 Å². The lowest BCUT2D eigenvalue weighted by Gasteiger charge is -2.05. The number of rotatable bonds is 1. The molecule has 0 aliphatic heterocycles. The van der Waals surface area contributed by atoms with Gasteiger partial charge < -0.3 is 4.98 Å². The van der Waals surface area contributed by atoms with Crippen LogP contribution in [-0.2, 0) is 0 Å². The number of H-pyrrole nitrogens is 1. The second-order valence-electron chi connectivity index (χ2n) is 4.15. The van der Waals surface area contributed by atoms with E-state index in [1.165, 1.54) is 16.6 Å².